The Bertz CT molecular complexity index is 940. The van der Waals surface area contributed by atoms with Crippen LogP contribution in [0, 0.1) is 0 Å². The lowest BCUT2D eigenvalue weighted by Crippen LogP contribution is -2.16. The van der Waals surface area contributed by atoms with Crippen molar-refractivity contribution in [3.05, 3.63) is 42.0 Å². The summed E-state index contributed by atoms with van der Waals surface area (Å²) in [5.74, 6) is 0.0490. The zero-order valence-corrected chi connectivity index (χ0v) is 14.7. The number of nitrogens with two attached hydrogens (primary N) is 1. The molecule has 2 N–H and O–H groups in total. The second-order valence-corrected chi connectivity index (χ2v) is 6.97. The maximum absolute atomic E-state index is 12.6. The minimum absolute atomic E-state index is 0.0799. The van der Waals surface area contributed by atoms with Gasteiger partial charge >= 0.3 is 10.1 Å². The van der Waals surface area contributed by atoms with Crippen LogP contribution in [0.2, 0.25) is 0 Å². The Labute approximate surface area is 150 Å². The van der Waals surface area contributed by atoms with Crippen LogP contribution in [-0.4, -0.2) is 34.6 Å². The SMILES string of the molecule is COc1ccc(C(N)=O)c(OS(=O)(=O)c2ccc3c(c2)OCCCO3)c1. The monoisotopic (exact) mass is 379 g/mol. The molecule has 0 radical (unpaired) electrons. The number of benzene rings is 2. The predicted molar refractivity (Wildman–Crippen MR) is 91.4 cm³/mol. The molecule has 0 aromatic heterocycles. The maximum atomic E-state index is 12.6. The van der Waals surface area contributed by atoms with Gasteiger partial charge in [0, 0.05) is 18.6 Å². The first kappa shape index (κ1) is 17.9. The van der Waals surface area contributed by atoms with Gasteiger partial charge in [0.2, 0.25) is 0 Å². The second-order valence-electron chi connectivity index (χ2n) is 5.42. The molecule has 1 heterocycles. The van der Waals surface area contributed by atoms with Crippen LogP contribution in [0.1, 0.15) is 16.8 Å². The van der Waals surface area contributed by atoms with Crippen molar-refractivity contribution in [1.29, 1.82) is 0 Å². The molecule has 9 heteroatoms. The molecule has 1 amide bonds. The molecule has 0 fully saturated rings. The van der Waals surface area contributed by atoms with Gasteiger partial charge in [-0.1, -0.05) is 0 Å². The van der Waals surface area contributed by atoms with Gasteiger partial charge in [0.05, 0.1) is 25.9 Å². The third-order valence-electron chi connectivity index (χ3n) is 3.66. The summed E-state index contributed by atoms with van der Waals surface area (Å²) in [5.41, 5.74) is 5.20. The van der Waals surface area contributed by atoms with E-state index in [9.17, 15) is 13.2 Å². The van der Waals surface area contributed by atoms with E-state index in [-0.39, 0.29) is 16.2 Å². The van der Waals surface area contributed by atoms with Crippen molar-refractivity contribution in [2.75, 3.05) is 20.3 Å². The molecule has 0 unspecified atom stereocenters. The van der Waals surface area contributed by atoms with E-state index in [1.54, 1.807) is 0 Å². The number of ether oxygens (including phenoxy) is 3. The van der Waals surface area contributed by atoms with Gasteiger partial charge in [0.1, 0.15) is 10.6 Å². The van der Waals surface area contributed by atoms with Crippen LogP contribution in [0.25, 0.3) is 0 Å². The molecule has 1 aliphatic heterocycles. The summed E-state index contributed by atoms with van der Waals surface area (Å²) in [6.07, 6.45) is 0.693. The number of rotatable bonds is 5. The molecular weight excluding hydrogens is 362 g/mol. The van der Waals surface area contributed by atoms with E-state index < -0.39 is 16.0 Å². The Kier molecular flexibility index (Phi) is 4.90. The molecule has 3 rings (SSSR count). The van der Waals surface area contributed by atoms with Crippen LogP contribution < -0.4 is 24.1 Å². The van der Waals surface area contributed by atoms with Crippen LogP contribution in [-0.2, 0) is 10.1 Å². The number of primary amides is 1. The van der Waals surface area contributed by atoms with Gasteiger partial charge in [0.25, 0.3) is 5.91 Å². The Hall–Kier alpha value is -2.94. The number of methoxy groups -OCH3 is 1. The third-order valence-corrected chi connectivity index (χ3v) is 4.89. The Morgan fingerprint density at radius 3 is 2.50 bits per heavy atom. The van der Waals surface area contributed by atoms with Crippen LogP contribution >= 0.6 is 0 Å². The van der Waals surface area contributed by atoms with Crippen molar-refractivity contribution in [2.45, 2.75) is 11.3 Å². The molecule has 0 atom stereocenters. The Morgan fingerprint density at radius 1 is 1.08 bits per heavy atom. The maximum Gasteiger partial charge on any atom is 0.339 e. The van der Waals surface area contributed by atoms with Gasteiger partial charge in [-0.25, -0.2) is 0 Å². The van der Waals surface area contributed by atoms with Crippen LogP contribution in [0.4, 0.5) is 0 Å². The molecule has 0 bridgehead atoms. The summed E-state index contributed by atoms with van der Waals surface area (Å²) in [6.45, 7) is 0.903. The minimum atomic E-state index is -4.24. The fourth-order valence-electron chi connectivity index (χ4n) is 2.37. The summed E-state index contributed by atoms with van der Waals surface area (Å²) in [5, 5.41) is 0. The van der Waals surface area contributed by atoms with E-state index in [1.165, 1.54) is 43.5 Å². The van der Waals surface area contributed by atoms with Crippen LogP contribution in [0.3, 0.4) is 0 Å². The van der Waals surface area contributed by atoms with Gasteiger partial charge in [0.15, 0.2) is 17.2 Å². The van der Waals surface area contributed by atoms with Gasteiger partial charge in [-0.3, -0.25) is 4.79 Å². The summed E-state index contributed by atoms with van der Waals surface area (Å²) >= 11 is 0. The number of hydrogen-bond donors (Lipinski definition) is 1. The molecule has 0 aliphatic carbocycles. The summed E-state index contributed by atoms with van der Waals surface area (Å²) in [6, 6.07) is 8.25. The van der Waals surface area contributed by atoms with Gasteiger partial charge in [-0.2, -0.15) is 8.42 Å². The van der Waals surface area contributed by atoms with Crippen molar-refractivity contribution in [3.63, 3.8) is 0 Å². The largest absolute Gasteiger partial charge is 0.497 e. The Balaban J connectivity index is 1.97. The highest BCUT2D eigenvalue weighted by molar-refractivity contribution is 7.87. The average molecular weight is 379 g/mol. The zero-order chi connectivity index (χ0) is 18.7. The lowest BCUT2D eigenvalue weighted by atomic mass is 10.2. The molecule has 2 aromatic rings. The molecule has 26 heavy (non-hydrogen) atoms. The van der Waals surface area contributed by atoms with Crippen molar-refractivity contribution in [2.24, 2.45) is 5.73 Å². The first-order chi connectivity index (χ1) is 12.4. The van der Waals surface area contributed by atoms with E-state index in [4.69, 9.17) is 24.1 Å². The first-order valence-corrected chi connectivity index (χ1v) is 9.13. The van der Waals surface area contributed by atoms with Gasteiger partial charge in [-0.05, 0) is 24.3 Å². The highest BCUT2D eigenvalue weighted by atomic mass is 32.2. The van der Waals surface area contributed by atoms with Gasteiger partial charge < -0.3 is 24.1 Å². The van der Waals surface area contributed by atoms with Crippen molar-refractivity contribution in [3.8, 4) is 23.0 Å². The first-order valence-electron chi connectivity index (χ1n) is 7.73. The lowest BCUT2D eigenvalue weighted by molar-refractivity contribution is 0.0999. The van der Waals surface area contributed by atoms with E-state index in [0.29, 0.717) is 36.9 Å². The molecule has 0 spiro atoms. The standard InChI is InChI=1S/C17H17NO7S/c1-22-11-3-5-13(17(18)19)15(9-11)25-26(20,21)12-4-6-14-16(10-12)24-8-2-7-23-14/h3-6,9-10H,2,7-8H2,1H3,(H2,18,19). The molecule has 1 aliphatic rings. The van der Waals surface area contributed by atoms with Crippen LogP contribution in [0.15, 0.2) is 41.3 Å². The molecule has 8 nitrogen and oxygen atoms in total. The molecule has 0 saturated heterocycles. The fourth-order valence-corrected chi connectivity index (χ4v) is 3.32. The minimum Gasteiger partial charge on any atom is -0.497 e. The number of carbonyl (C=O) groups is 1. The second kappa shape index (κ2) is 7.12. The number of carbonyl (C=O) groups excluding carboxylic acids is 1. The number of amides is 1. The third kappa shape index (κ3) is 3.67. The fraction of sp³-hybridized carbons (Fsp3) is 0.235. The van der Waals surface area contributed by atoms with Crippen LogP contribution in [0.5, 0.6) is 23.0 Å². The van der Waals surface area contributed by atoms with E-state index >= 15 is 0 Å². The molecule has 2 aromatic carbocycles. The molecule has 0 saturated carbocycles. The highest BCUT2D eigenvalue weighted by Crippen LogP contribution is 2.33. The lowest BCUT2D eigenvalue weighted by Gasteiger charge is -2.13. The molecule has 138 valence electrons. The number of hydrogen-bond acceptors (Lipinski definition) is 7. The van der Waals surface area contributed by atoms with E-state index in [2.05, 4.69) is 0 Å². The zero-order valence-electron chi connectivity index (χ0n) is 13.9. The predicted octanol–water partition coefficient (Wildman–Crippen LogP) is 1.72. The average Bonchev–Trinajstić information content (AvgIpc) is 2.85. The van der Waals surface area contributed by atoms with Crippen molar-refractivity contribution >= 4 is 16.0 Å². The summed E-state index contributed by atoms with van der Waals surface area (Å²) in [4.78, 5) is 11.4. The van der Waals surface area contributed by atoms with Gasteiger partial charge in [-0.15, -0.1) is 0 Å². The smallest absolute Gasteiger partial charge is 0.339 e. The number of fused-ring (bicyclic) bond motifs is 1. The van der Waals surface area contributed by atoms with Crippen molar-refractivity contribution in [1.82, 2.24) is 0 Å². The summed E-state index contributed by atoms with van der Waals surface area (Å²) in [7, 11) is -2.83. The topological polar surface area (TPSA) is 114 Å². The quantitative estimate of drug-likeness (QED) is 0.787. The summed E-state index contributed by atoms with van der Waals surface area (Å²) < 4.78 is 46.4. The highest BCUT2D eigenvalue weighted by Gasteiger charge is 2.23. The normalized spacial score (nSPS) is 13.6. The Morgan fingerprint density at radius 2 is 1.81 bits per heavy atom. The van der Waals surface area contributed by atoms with Crippen molar-refractivity contribution < 1.29 is 31.6 Å². The van der Waals surface area contributed by atoms with E-state index in [1.807, 2.05) is 0 Å². The molecular formula is C17H17NO7S. The van der Waals surface area contributed by atoms with E-state index in [0.717, 1.165) is 0 Å².